The molecule has 4 aromatic rings. The maximum absolute atomic E-state index is 12.1. The lowest BCUT2D eigenvalue weighted by molar-refractivity contribution is -0.115. The van der Waals surface area contributed by atoms with Gasteiger partial charge in [-0.15, -0.1) is 0 Å². The van der Waals surface area contributed by atoms with Crippen molar-refractivity contribution in [3.63, 3.8) is 0 Å². The molecule has 3 N–H and O–H groups in total. The molecule has 0 unspecified atom stereocenters. The molecular weight excluding hydrogens is 372 g/mol. The molecule has 28 heavy (non-hydrogen) atoms. The first-order chi connectivity index (χ1) is 13.8. The zero-order valence-corrected chi connectivity index (χ0v) is 15.9. The first-order valence-corrected chi connectivity index (χ1v) is 9.83. The summed E-state index contributed by atoms with van der Waals surface area (Å²) >= 11 is 1.49. The molecule has 7 heteroatoms. The summed E-state index contributed by atoms with van der Waals surface area (Å²) in [5.74, 6) is -0.141. The van der Waals surface area contributed by atoms with E-state index in [4.69, 9.17) is 10.2 Å². The molecule has 0 aliphatic carbocycles. The minimum Gasteiger partial charge on any atom is -0.395 e. The van der Waals surface area contributed by atoms with E-state index in [1.54, 1.807) is 0 Å². The molecule has 0 spiro atoms. The number of aliphatic hydroxyl groups excluding tert-OH is 1. The third kappa shape index (κ3) is 3.82. The van der Waals surface area contributed by atoms with Crippen molar-refractivity contribution in [2.75, 3.05) is 25.0 Å². The van der Waals surface area contributed by atoms with Crippen LogP contribution in [0.2, 0.25) is 0 Å². The molecule has 0 saturated heterocycles. The second kappa shape index (κ2) is 8.35. The molecule has 1 amide bonds. The molecule has 0 aliphatic rings. The monoisotopic (exact) mass is 392 g/mol. The molecule has 0 atom stereocenters. The lowest BCUT2D eigenvalue weighted by Gasteiger charge is -2.04. The van der Waals surface area contributed by atoms with Gasteiger partial charge in [-0.05, 0) is 18.2 Å². The standard InChI is InChI=1S/C21H20N4O2S/c26-12-11-22-14-18(27)23-19-13-17-20(15-7-3-1-4-8-15)24-25(21(17)28-19)16-9-5-2-6-10-16/h1-10,13,22,26H,11-12,14H2,(H,23,27). The second-order valence-electron chi connectivity index (χ2n) is 6.24. The fraction of sp³-hybridized carbons (Fsp3) is 0.143. The van der Waals surface area contributed by atoms with E-state index in [0.29, 0.717) is 6.54 Å². The maximum Gasteiger partial charge on any atom is 0.238 e. The summed E-state index contributed by atoms with van der Waals surface area (Å²) in [6.07, 6.45) is 0. The Kier molecular flexibility index (Phi) is 5.48. The number of carbonyl (C=O) groups is 1. The Morgan fingerprint density at radius 1 is 1.07 bits per heavy atom. The van der Waals surface area contributed by atoms with Crippen LogP contribution >= 0.6 is 11.3 Å². The molecule has 2 aromatic heterocycles. The van der Waals surface area contributed by atoms with Crippen LogP contribution in [0.5, 0.6) is 0 Å². The van der Waals surface area contributed by atoms with Crippen molar-refractivity contribution in [1.29, 1.82) is 0 Å². The van der Waals surface area contributed by atoms with Gasteiger partial charge in [0.2, 0.25) is 5.91 Å². The number of para-hydroxylation sites is 1. The van der Waals surface area contributed by atoms with Crippen molar-refractivity contribution in [3.8, 4) is 16.9 Å². The third-order valence-electron chi connectivity index (χ3n) is 4.24. The van der Waals surface area contributed by atoms with Crippen LogP contribution in [0.1, 0.15) is 0 Å². The Morgan fingerprint density at radius 2 is 1.79 bits per heavy atom. The van der Waals surface area contributed by atoms with Gasteiger partial charge in [0.1, 0.15) is 10.5 Å². The molecule has 0 radical (unpaired) electrons. The summed E-state index contributed by atoms with van der Waals surface area (Å²) < 4.78 is 1.92. The summed E-state index contributed by atoms with van der Waals surface area (Å²) in [6.45, 7) is 0.551. The van der Waals surface area contributed by atoms with E-state index in [0.717, 1.165) is 32.2 Å². The number of benzene rings is 2. The molecule has 6 nitrogen and oxygen atoms in total. The highest BCUT2D eigenvalue weighted by Gasteiger charge is 2.17. The van der Waals surface area contributed by atoms with E-state index in [1.807, 2.05) is 71.4 Å². The minimum absolute atomic E-state index is 0.00349. The van der Waals surface area contributed by atoms with Crippen molar-refractivity contribution >= 4 is 32.5 Å². The maximum atomic E-state index is 12.1. The third-order valence-corrected chi connectivity index (χ3v) is 5.27. The van der Waals surface area contributed by atoms with Crippen LogP contribution in [0.3, 0.4) is 0 Å². The number of aromatic nitrogens is 2. The summed E-state index contributed by atoms with van der Waals surface area (Å²) in [5, 5.41) is 21.2. The molecular formula is C21H20N4O2S. The second-order valence-corrected chi connectivity index (χ2v) is 7.27. The SMILES string of the molecule is O=C(CNCCO)Nc1cc2c(-c3ccccc3)nn(-c3ccccc3)c2s1. The molecule has 0 bridgehead atoms. The predicted molar refractivity (Wildman–Crippen MR) is 113 cm³/mol. The molecule has 0 aliphatic heterocycles. The van der Waals surface area contributed by atoms with Crippen LogP contribution in [-0.4, -0.2) is 40.5 Å². The van der Waals surface area contributed by atoms with Gasteiger partial charge in [0, 0.05) is 17.5 Å². The van der Waals surface area contributed by atoms with Gasteiger partial charge < -0.3 is 15.7 Å². The Bertz CT molecular complexity index is 1000. The fourth-order valence-corrected chi connectivity index (χ4v) is 4.03. The summed E-state index contributed by atoms with van der Waals surface area (Å²) in [7, 11) is 0. The Balaban J connectivity index is 1.73. The van der Waals surface area contributed by atoms with Crippen molar-refractivity contribution in [3.05, 3.63) is 66.7 Å². The van der Waals surface area contributed by atoms with E-state index in [-0.39, 0.29) is 19.1 Å². The van der Waals surface area contributed by atoms with E-state index in [2.05, 4.69) is 10.6 Å². The van der Waals surface area contributed by atoms with Crippen LogP contribution < -0.4 is 10.6 Å². The highest BCUT2D eigenvalue weighted by Crippen LogP contribution is 2.37. The number of hydrogen-bond donors (Lipinski definition) is 3. The highest BCUT2D eigenvalue weighted by molar-refractivity contribution is 7.22. The van der Waals surface area contributed by atoms with Crippen molar-refractivity contribution in [1.82, 2.24) is 15.1 Å². The number of rotatable bonds is 7. The van der Waals surface area contributed by atoms with E-state index in [1.165, 1.54) is 11.3 Å². The number of hydrogen-bond acceptors (Lipinski definition) is 5. The number of nitrogens with one attached hydrogen (secondary N) is 2. The number of thiophene rings is 1. The highest BCUT2D eigenvalue weighted by atomic mass is 32.1. The summed E-state index contributed by atoms with van der Waals surface area (Å²) in [5.41, 5.74) is 2.89. The molecule has 2 heterocycles. The summed E-state index contributed by atoms with van der Waals surface area (Å²) in [4.78, 5) is 13.1. The number of nitrogens with zero attached hydrogens (tertiary/aromatic N) is 2. The van der Waals surface area contributed by atoms with Crippen LogP contribution in [0.25, 0.3) is 27.2 Å². The average Bonchev–Trinajstić information content (AvgIpc) is 3.28. The van der Waals surface area contributed by atoms with Crippen LogP contribution in [-0.2, 0) is 4.79 Å². The van der Waals surface area contributed by atoms with Crippen LogP contribution in [0.15, 0.2) is 66.7 Å². The summed E-state index contributed by atoms with van der Waals surface area (Å²) in [6, 6.07) is 22.0. The lowest BCUT2D eigenvalue weighted by atomic mass is 10.1. The van der Waals surface area contributed by atoms with Gasteiger partial charge in [-0.3, -0.25) is 4.79 Å². The van der Waals surface area contributed by atoms with Crippen molar-refractivity contribution in [2.45, 2.75) is 0 Å². The largest absolute Gasteiger partial charge is 0.395 e. The molecule has 2 aromatic carbocycles. The van der Waals surface area contributed by atoms with Gasteiger partial charge in [0.25, 0.3) is 0 Å². The van der Waals surface area contributed by atoms with E-state index >= 15 is 0 Å². The number of carbonyl (C=O) groups excluding carboxylic acids is 1. The normalized spacial score (nSPS) is 11.0. The lowest BCUT2D eigenvalue weighted by Crippen LogP contribution is -2.29. The first kappa shape index (κ1) is 18.4. The molecule has 4 rings (SSSR count). The van der Waals surface area contributed by atoms with Crippen LogP contribution in [0, 0.1) is 0 Å². The predicted octanol–water partition coefficient (Wildman–Crippen LogP) is 3.27. The Morgan fingerprint density at radius 3 is 2.50 bits per heavy atom. The van der Waals surface area contributed by atoms with Gasteiger partial charge in [-0.1, -0.05) is 59.9 Å². The van der Waals surface area contributed by atoms with E-state index < -0.39 is 0 Å². The Hall–Kier alpha value is -3.00. The fourth-order valence-electron chi connectivity index (χ4n) is 2.99. The quantitative estimate of drug-likeness (QED) is 0.422. The Labute approximate surface area is 166 Å². The first-order valence-electron chi connectivity index (χ1n) is 9.01. The van der Waals surface area contributed by atoms with Gasteiger partial charge >= 0.3 is 0 Å². The van der Waals surface area contributed by atoms with E-state index in [9.17, 15) is 4.79 Å². The minimum atomic E-state index is -0.141. The number of amides is 1. The average molecular weight is 392 g/mol. The van der Waals surface area contributed by atoms with Crippen LogP contribution in [0.4, 0.5) is 5.00 Å². The van der Waals surface area contributed by atoms with Gasteiger partial charge in [0.05, 0.1) is 23.8 Å². The number of anilines is 1. The molecule has 0 saturated carbocycles. The number of fused-ring (bicyclic) bond motifs is 1. The van der Waals surface area contributed by atoms with Gasteiger partial charge in [0.15, 0.2) is 0 Å². The van der Waals surface area contributed by atoms with Crippen molar-refractivity contribution < 1.29 is 9.90 Å². The van der Waals surface area contributed by atoms with Gasteiger partial charge in [-0.25, -0.2) is 4.68 Å². The molecule has 142 valence electrons. The van der Waals surface area contributed by atoms with Crippen molar-refractivity contribution in [2.24, 2.45) is 0 Å². The molecule has 0 fully saturated rings. The smallest absolute Gasteiger partial charge is 0.238 e. The zero-order valence-electron chi connectivity index (χ0n) is 15.1. The zero-order chi connectivity index (χ0) is 19.3. The van der Waals surface area contributed by atoms with Gasteiger partial charge in [-0.2, -0.15) is 5.10 Å². The number of aliphatic hydroxyl groups is 1. The topological polar surface area (TPSA) is 79.2 Å².